The molecule has 1 heterocycles. The van der Waals surface area contributed by atoms with Gasteiger partial charge in [0.2, 0.25) is 5.91 Å². The SMILES string of the molecule is Cc1nc(C=CC(=O)N(C)CC(C)O)cs1. The Hall–Kier alpha value is -1.20. The lowest BCUT2D eigenvalue weighted by molar-refractivity contribution is -0.125. The van der Waals surface area contributed by atoms with Crippen LogP contribution in [0.2, 0.25) is 0 Å². The standard InChI is InChI=1S/C11H16N2O2S/c1-8(14)6-13(3)11(15)5-4-10-7-16-9(2)12-10/h4-5,7-8,14H,6H2,1-3H3. The Morgan fingerprint density at radius 3 is 2.94 bits per heavy atom. The maximum atomic E-state index is 11.6. The molecular weight excluding hydrogens is 224 g/mol. The first-order valence-corrected chi connectivity index (χ1v) is 5.90. The van der Waals surface area contributed by atoms with Crippen LogP contribution in [-0.4, -0.2) is 40.6 Å². The molecule has 16 heavy (non-hydrogen) atoms. The van der Waals surface area contributed by atoms with Gasteiger partial charge in [0.05, 0.1) is 16.8 Å². The van der Waals surface area contributed by atoms with E-state index in [1.807, 2.05) is 12.3 Å². The van der Waals surface area contributed by atoms with Crippen molar-refractivity contribution in [2.45, 2.75) is 20.0 Å². The minimum Gasteiger partial charge on any atom is -0.392 e. The third-order valence-corrected chi connectivity index (χ3v) is 2.74. The molecule has 0 aromatic carbocycles. The topological polar surface area (TPSA) is 53.4 Å². The van der Waals surface area contributed by atoms with Crippen molar-refractivity contribution in [3.05, 3.63) is 22.2 Å². The first kappa shape index (κ1) is 12.9. The molecule has 1 amide bonds. The van der Waals surface area contributed by atoms with E-state index in [0.717, 1.165) is 10.7 Å². The maximum absolute atomic E-state index is 11.6. The molecule has 0 saturated heterocycles. The number of carbonyl (C=O) groups excluding carboxylic acids is 1. The summed E-state index contributed by atoms with van der Waals surface area (Å²) >= 11 is 1.55. The zero-order chi connectivity index (χ0) is 12.1. The van der Waals surface area contributed by atoms with Gasteiger partial charge in [0.25, 0.3) is 0 Å². The number of aliphatic hydroxyl groups excluding tert-OH is 1. The monoisotopic (exact) mass is 240 g/mol. The second-order valence-electron chi connectivity index (χ2n) is 3.69. The average Bonchev–Trinajstić information content (AvgIpc) is 2.59. The summed E-state index contributed by atoms with van der Waals surface area (Å²) in [5, 5.41) is 12.0. The molecule has 0 spiro atoms. The number of aliphatic hydroxyl groups is 1. The number of rotatable bonds is 4. The van der Waals surface area contributed by atoms with Gasteiger partial charge in [-0.15, -0.1) is 11.3 Å². The number of aromatic nitrogens is 1. The molecule has 1 atom stereocenters. The van der Waals surface area contributed by atoms with E-state index in [-0.39, 0.29) is 5.91 Å². The molecule has 0 aliphatic carbocycles. The Kier molecular flexibility index (Phi) is 4.64. The number of hydrogen-bond acceptors (Lipinski definition) is 4. The zero-order valence-corrected chi connectivity index (χ0v) is 10.5. The maximum Gasteiger partial charge on any atom is 0.246 e. The van der Waals surface area contributed by atoms with Crippen LogP contribution in [0.4, 0.5) is 0 Å². The molecule has 0 aliphatic heterocycles. The third-order valence-electron chi connectivity index (χ3n) is 1.95. The molecule has 0 saturated carbocycles. The van der Waals surface area contributed by atoms with Gasteiger partial charge in [-0.05, 0) is 19.9 Å². The van der Waals surface area contributed by atoms with E-state index in [9.17, 15) is 4.79 Å². The molecule has 88 valence electrons. The van der Waals surface area contributed by atoms with Crippen LogP contribution in [0.1, 0.15) is 17.6 Å². The predicted molar refractivity (Wildman–Crippen MR) is 65.2 cm³/mol. The number of nitrogens with zero attached hydrogens (tertiary/aromatic N) is 2. The van der Waals surface area contributed by atoms with Gasteiger partial charge in [0, 0.05) is 25.0 Å². The van der Waals surface area contributed by atoms with Crippen LogP contribution < -0.4 is 0 Å². The van der Waals surface area contributed by atoms with Crippen molar-refractivity contribution in [2.24, 2.45) is 0 Å². The molecule has 1 unspecified atom stereocenters. The Balaban J connectivity index is 2.53. The minimum absolute atomic E-state index is 0.133. The molecule has 0 bridgehead atoms. The fourth-order valence-electron chi connectivity index (χ4n) is 1.23. The fourth-order valence-corrected chi connectivity index (χ4v) is 1.81. The van der Waals surface area contributed by atoms with Crippen LogP contribution in [0.3, 0.4) is 0 Å². The molecule has 4 nitrogen and oxygen atoms in total. The minimum atomic E-state index is -0.510. The lowest BCUT2D eigenvalue weighted by Gasteiger charge is -2.16. The number of thiazole rings is 1. The smallest absolute Gasteiger partial charge is 0.246 e. The van der Waals surface area contributed by atoms with Crippen molar-refractivity contribution in [2.75, 3.05) is 13.6 Å². The molecule has 0 radical (unpaired) electrons. The highest BCUT2D eigenvalue weighted by molar-refractivity contribution is 7.09. The van der Waals surface area contributed by atoms with E-state index in [1.54, 1.807) is 31.4 Å². The Labute approximate surface area is 99.2 Å². The van der Waals surface area contributed by atoms with Gasteiger partial charge in [-0.2, -0.15) is 0 Å². The molecule has 1 aromatic rings. The number of amides is 1. The van der Waals surface area contributed by atoms with E-state index in [2.05, 4.69) is 4.98 Å². The van der Waals surface area contributed by atoms with Crippen LogP contribution in [0.25, 0.3) is 6.08 Å². The van der Waals surface area contributed by atoms with E-state index in [4.69, 9.17) is 5.11 Å². The number of carbonyl (C=O) groups is 1. The summed E-state index contributed by atoms with van der Waals surface area (Å²) in [7, 11) is 1.66. The predicted octanol–water partition coefficient (Wildman–Crippen LogP) is 1.30. The number of likely N-dealkylation sites (N-methyl/N-ethyl adjacent to an activating group) is 1. The van der Waals surface area contributed by atoms with Crippen molar-refractivity contribution < 1.29 is 9.90 Å². The fraction of sp³-hybridized carbons (Fsp3) is 0.455. The van der Waals surface area contributed by atoms with Crippen LogP contribution in [0.5, 0.6) is 0 Å². The van der Waals surface area contributed by atoms with Gasteiger partial charge in [0.15, 0.2) is 0 Å². The lowest BCUT2D eigenvalue weighted by Crippen LogP contribution is -2.31. The summed E-state index contributed by atoms with van der Waals surface area (Å²) in [5.74, 6) is -0.133. The van der Waals surface area contributed by atoms with Gasteiger partial charge in [-0.3, -0.25) is 4.79 Å². The van der Waals surface area contributed by atoms with Gasteiger partial charge >= 0.3 is 0 Å². The molecule has 1 rings (SSSR count). The highest BCUT2D eigenvalue weighted by atomic mass is 32.1. The van der Waals surface area contributed by atoms with E-state index < -0.39 is 6.10 Å². The molecule has 5 heteroatoms. The second kappa shape index (κ2) is 5.77. The molecule has 1 N–H and O–H groups in total. The zero-order valence-electron chi connectivity index (χ0n) is 9.67. The Bertz CT molecular complexity index is 385. The van der Waals surface area contributed by atoms with E-state index in [0.29, 0.717) is 6.54 Å². The van der Waals surface area contributed by atoms with Crippen molar-refractivity contribution >= 4 is 23.3 Å². The second-order valence-corrected chi connectivity index (χ2v) is 4.75. The lowest BCUT2D eigenvalue weighted by atomic mass is 10.3. The van der Waals surface area contributed by atoms with Crippen LogP contribution in [0, 0.1) is 6.92 Å². The number of hydrogen-bond donors (Lipinski definition) is 1. The van der Waals surface area contributed by atoms with Crippen molar-refractivity contribution in [3.8, 4) is 0 Å². The normalized spacial score (nSPS) is 13.0. The van der Waals surface area contributed by atoms with E-state index in [1.165, 1.54) is 11.0 Å². The highest BCUT2D eigenvalue weighted by Crippen LogP contribution is 2.09. The molecular formula is C11H16N2O2S. The summed E-state index contributed by atoms with van der Waals surface area (Å²) in [6.45, 7) is 3.90. The quantitative estimate of drug-likeness (QED) is 0.807. The van der Waals surface area contributed by atoms with Gasteiger partial charge in [-0.25, -0.2) is 4.98 Å². The van der Waals surface area contributed by atoms with E-state index >= 15 is 0 Å². The Morgan fingerprint density at radius 1 is 1.75 bits per heavy atom. The Morgan fingerprint density at radius 2 is 2.44 bits per heavy atom. The summed E-state index contributed by atoms with van der Waals surface area (Å²) in [6.07, 6.45) is 2.64. The van der Waals surface area contributed by atoms with Crippen molar-refractivity contribution in [1.29, 1.82) is 0 Å². The van der Waals surface area contributed by atoms with Gasteiger partial charge < -0.3 is 10.0 Å². The summed E-state index contributed by atoms with van der Waals surface area (Å²) in [4.78, 5) is 17.2. The first-order chi connectivity index (χ1) is 7.49. The molecule has 0 aliphatic rings. The third kappa shape index (κ3) is 4.12. The van der Waals surface area contributed by atoms with Crippen molar-refractivity contribution in [1.82, 2.24) is 9.88 Å². The van der Waals surface area contributed by atoms with Gasteiger partial charge in [-0.1, -0.05) is 0 Å². The van der Waals surface area contributed by atoms with Gasteiger partial charge in [0.1, 0.15) is 0 Å². The largest absolute Gasteiger partial charge is 0.392 e. The summed E-state index contributed by atoms with van der Waals surface area (Å²) in [6, 6.07) is 0. The van der Waals surface area contributed by atoms with Crippen LogP contribution in [-0.2, 0) is 4.79 Å². The summed E-state index contributed by atoms with van der Waals surface area (Å²) < 4.78 is 0. The van der Waals surface area contributed by atoms with Crippen molar-refractivity contribution in [3.63, 3.8) is 0 Å². The highest BCUT2D eigenvalue weighted by Gasteiger charge is 2.07. The molecule has 1 aromatic heterocycles. The molecule has 0 fully saturated rings. The van der Waals surface area contributed by atoms with Crippen LogP contribution in [0.15, 0.2) is 11.5 Å². The van der Waals surface area contributed by atoms with Crippen LogP contribution >= 0.6 is 11.3 Å². The average molecular weight is 240 g/mol. The summed E-state index contributed by atoms with van der Waals surface area (Å²) in [5.41, 5.74) is 0.793. The first-order valence-electron chi connectivity index (χ1n) is 5.02. The number of aryl methyl sites for hydroxylation is 1.